The molecule has 2 fully saturated rings. The molecule has 35 heteroatoms. The van der Waals surface area contributed by atoms with Crippen LogP contribution in [0, 0.1) is 5.92 Å². The topological polar surface area (TPSA) is 530 Å². The van der Waals surface area contributed by atoms with Gasteiger partial charge < -0.3 is 128 Å². The number of aliphatic carboxylic acids is 1. The summed E-state index contributed by atoms with van der Waals surface area (Å²) in [6, 6.07) is -0.679. The Hall–Kier alpha value is -9.20. The predicted octanol–water partition coefficient (Wildman–Crippen LogP) is 0.106. The van der Waals surface area contributed by atoms with Gasteiger partial charge in [-0.25, -0.2) is 4.79 Å². The summed E-state index contributed by atoms with van der Waals surface area (Å²) in [5, 5.41) is 131. The molecule has 11 bridgehead atoms. The van der Waals surface area contributed by atoms with E-state index in [1.165, 1.54) is 33.0 Å². The van der Waals surface area contributed by atoms with Crippen LogP contribution in [-0.2, 0) is 52.6 Å². The average Bonchev–Trinajstić information content (AvgIpc) is 0.775. The maximum Gasteiger partial charge on any atom is 0.330 e. The van der Waals surface area contributed by atoms with Gasteiger partial charge in [0.05, 0.1) is 41.3 Å². The van der Waals surface area contributed by atoms with Crippen LogP contribution in [0.3, 0.4) is 0 Å². The summed E-state index contributed by atoms with van der Waals surface area (Å²) >= 11 is 14.1. The molecule has 0 radical (unpaired) electrons. The number of likely N-dealkylation sites (N-methyl/N-ethyl adjacent to an activating group) is 1. The molecular weight excluding hydrogens is 1370 g/mol. The van der Waals surface area contributed by atoms with Crippen molar-refractivity contribution in [2.75, 3.05) is 13.7 Å². The van der Waals surface area contributed by atoms with Gasteiger partial charge >= 0.3 is 5.97 Å². The Balaban J connectivity index is 1.24. The maximum atomic E-state index is 16.0. The number of carboxylic acid groups (broad SMARTS) is 1. The lowest BCUT2D eigenvalue weighted by Gasteiger charge is -2.47. The highest BCUT2D eigenvalue weighted by molar-refractivity contribution is 6.32. The third kappa shape index (κ3) is 15.8. The van der Waals surface area contributed by atoms with Crippen LogP contribution in [0.1, 0.15) is 105 Å². The average molecular weight is 1450 g/mol. The number of hydrogen-bond acceptors (Lipinski definition) is 25. The van der Waals surface area contributed by atoms with E-state index in [9.17, 15) is 75.0 Å². The summed E-state index contributed by atoms with van der Waals surface area (Å²) in [5.74, 6) is -16.0. The number of benzene rings is 5. The first-order chi connectivity index (χ1) is 47.7. The molecule has 7 aliphatic heterocycles. The number of carbonyl (C=O) groups is 8. The van der Waals surface area contributed by atoms with Crippen molar-refractivity contribution in [1.29, 1.82) is 0 Å². The number of ether oxygens (including phenoxy) is 6. The maximum absolute atomic E-state index is 16.0. The second-order valence-corrected chi connectivity index (χ2v) is 26.5. The number of amides is 7. The molecule has 0 saturated carbocycles. The van der Waals surface area contributed by atoms with E-state index in [-0.39, 0.29) is 46.2 Å². The summed E-state index contributed by atoms with van der Waals surface area (Å²) in [6.45, 7) is 5.66. The molecule has 18 atom stereocenters. The Labute approximate surface area is 584 Å². The highest BCUT2D eigenvalue weighted by atomic mass is 35.5. The van der Waals surface area contributed by atoms with Crippen molar-refractivity contribution in [3.8, 4) is 57.1 Å². The fourth-order valence-electron chi connectivity index (χ4n) is 12.5. The number of carbonyl (C=O) groups excluding carboxylic acids is 7. The lowest BCUT2D eigenvalue weighted by atomic mass is 9.86. The number of carboxylic acids is 1. The van der Waals surface area contributed by atoms with E-state index in [0.717, 1.165) is 66.7 Å². The Morgan fingerprint density at radius 1 is 0.713 bits per heavy atom. The minimum absolute atomic E-state index is 0.0975. The van der Waals surface area contributed by atoms with Crippen molar-refractivity contribution < 1.29 is 118 Å². The summed E-state index contributed by atoms with van der Waals surface area (Å²) in [6.07, 6.45) is -18.6. The van der Waals surface area contributed by atoms with Gasteiger partial charge in [0.1, 0.15) is 89.5 Å². The molecule has 21 N–H and O–H groups in total. The Kier molecular flexibility index (Phi) is 22.2. The van der Waals surface area contributed by atoms with Crippen molar-refractivity contribution >= 4 is 70.5 Å². The molecule has 0 spiro atoms. The first-order valence-electron chi connectivity index (χ1n) is 31.6. The quantitative estimate of drug-likeness (QED) is 0.0743. The summed E-state index contributed by atoms with van der Waals surface area (Å²) in [5.41, 5.74) is 8.00. The van der Waals surface area contributed by atoms with Gasteiger partial charge in [-0.05, 0) is 110 Å². The van der Waals surface area contributed by atoms with Gasteiger partial charge in [0.2, 0.25) is 53.4 Å². The number of aliphatic hydroxyl groups is 6. The zero-order valence-corrected chi connectivity index (χ0v) is 55.8. The van der Waals surface area contributed by atoms with Crippen molar-refractivity contribution in [2.24, 2.45) is 17.4 Å². The van der Waals surface area contributed by atoms with Crippen molar-refractivity contribution in [3.63, 3.8) is 0 Å². The number of aromatic hydroxyl groups is 3. The number of hydrogen-bond donors (Lipinski definition) is 19. The molecular formula is C66H75Cl2N9O24. The summed E-state index contributed by atoms with van der Waals surface area (Å²) in [4.78, 5) is 117. The van der Waals surface area contributed by atoms with Crippen LogP contribution in [0.2, 0.25) is 10.0 Å². The van der Waals surface area contributed by atoms with Crippen LogP contribution < -0.4 is 62.9 Å². The number of fused-ring (bicyclic) bond motifs is 15. The third-order valence-corrected chi connectivity index (χ3v) is 18.4. The second kappa shape index (κ2) is 30.2. The van der Waals surface area contributed by atoms with E-state index < -0.39 is 237 Å². The molecule has 33 nitrogen and oxygen atoms in total. The molecule has 7 aliphatic rings. The van der Waals surface area contributed by atoms with Crippen LogP contribution in [-0.4, -0.2) is 191 Å². The Bertz CT molecular complexity index is 4070. The van der Waals surface area contributed by atoms with Gasteiger partial charge in [0, 0.05) is 34.7 Å². The van der Waals surface area contributed by atoms with Crippen molar-refractivity contribution in [3.05, 3.63) is 117 Å². The van der Waals surface area contributed by atoms with E-state index in [2.05, 4.69) is 37.2 Å². The van der Waals surface area contributed by atoms with Crippen LogP contribution in [0.5, 0.6) is 46.0 Å². The predicted molar refractivity (Wildman–Crippen MR) is 349 cm³/mol. The lowest BCUT2D eigenvalue weighted by Crippen LogP contribution is -2.64. The molecule has 542 valence electrons. The van der Waals surface area contributed by atoms with E-state index in [1.807, 2.05) is 13.8 Å². The van der Waals surface area contributed by atoms with E-state index >= 15 is 14.4 Å². The van der Waals surface area contributed by atoms with Crippen LogP contribution in [0.4, 0.5) is 0 Å². The molecule has 0 aliphatic carbocycles. The van der Waals surface area contributed by atoms with Crippen LogP contribution in [0.25, 0.3) is 11.1 Å². The molecule has 101 heavy (non-hydrogen) atoms. The minimum atomic E-state index is -2.35. The smallest absolute Gasteiger partial charge is 0.330 e. The number of phenols is 3. The minimum Gasteiger partial charge on any atom is -0.508 e. The molecule has 12 rings (SSSR count). The molecule has 7 amide bonds. The molecule has 5 aromatic carbocycles. The monoisotopic (exact) mass is 1450 g/mol. The number of primary amides is 1. The van der Waals surface area contributed by atoms with E-state index in [0.29, 0.717) is 0 Å². The van der Waals surface area contributed by atoms with Gasteiger partial charge in [-0.1, -0.05) is 55.2 Å². The number of nitrogens with one attached hydrogen (secondary N) is 7. The molecule has 5 aromatic rings. The number of nitrogens with two attached hydrogens (primary N) is 2. The van der Waals surface area contributed by atoms with Gasteiger partial charge in [0.25, 0.3) is 0 Å². The normalized spacial score (nSPS) is 29.4. The summed E-state index contributed by atoms with van der Waals surface area (Å²) in [7, 11) is 1.47. The third-order valence-electron chi connectivity index (χ3n) is 17.8. The Morgan fingerprint density at radius 3 is 1.90 bits per heavy atom. The van der Waals surface area contributed by atoms with Gasteiger partial charge in [-0.2, -0.15) is 0 Å². The number of halogens is 2. The molecule has 7 heterocycles. The number of rotatable bonds is 13. The van der Waals surface area contributed by atoms with Gasteiger partial charge in [-0.15, -0.1) is 0 Å². The highest BCUT2D eigenvalue weighted by Gasteiger charge is 2.51. The van der Waals surface area contributed by atoms with Crippen molar-refractivity contribution in [2.45, 2.75) is 156 Å². The fraction of sp³-hybridized carbons (Fsp3) is 0.424. The molecule has 2 unspecified atom stereocenters. The molecule has 2 saturated heterocycles. The zero-order chi connectivity index (χ0) is 73.5. The van der Waals surface area contributed by atoms with E-state index in [4.69, 9.17) is 63.1 Å². The Morgan fingerprint density at radius 2 is 1.32 bits per heavy atom. The van der Waals surface area contributed by atoms with Crippen LogP contribution in [0.15, 0.2) is 78.9 Å². The summed E-state index contributed by atoms with van der Waals surface area (Å²) < 4.78 is 38.3. The number of phenolic OH excluding ortho intramolecular Hbond substituents is 3. The largest absolute Gasteiger partial charge is 0.508 e. The second-order valence-electron chi connectivity index (χ2n) is 25.7. The van der Waals surface area contributed by atoms with E-state index in [1.54, 1.807) is 0 Å². The van der Waals surface area contributed by atoms with Gasteiger partial charge in [0.15, 0.2) is 29.9 Å². The lowest BCUT2D eigenvalue weighted by molar-refractivity contribution is -0.333. The SMILES string of the molecule is CN[C@H](CC(C)C)C(=O)NC1C(=O)N[C@@H](CC(N)=O)C(=O)N[C@H]2C(=O)N[C@H]3C(=O)N[C@H](C(=O)N[C@H](C(=O)O)c4cc(O)cc(O)c4-c4cc3ccc4O)[C@H](O)c3ccc(c(Cl)c3)Oc3cc2cc(c3O[C@@H]2O[C@H](CO)[C@@H](O)[C@H](O)[C@H]2OC2C[C@](C)(N)[C@H](O)[C@H](C)O2)Oc2ccc(cc2Cl)[C@H]1O. The standard InChI is InChI=1S/C66H75Cl2N9O24/c1-23(2)12-34(71-5)58(88)76-49-51(83)26-7-10-38(32(67)14-26)97-40-16-28-17-41(55(40)101-65-56(54(86)53(85)42(22-78)99-65)100-44-21-66(4,70)57(87)24(3)96-44)98-39-11-8-27(15-33(39)68)52(84)50-63(93)75-48(64(94)95)31-18-29(79)19-37(81)45(31)30-13-25(6-9-36(30)80)46(60(90)77-50)74-61(91)47(28)73-59(89)35(20-43(69)82)72-62(49)92/h6-11,13-19,23-24,34-35,42,44,46-54,56-57,65,71,78-81,83-87H,12,20-22,70H2,1-5H3,(H2,69,82)(H,72,92)(H,73,89)(H,74,91)(H,75,93)(H,76,88)(H,77,90)(H,94,95)/t24-,34+,35-,42+,44?,46+,47+,48-,49?,50-,51+,52+,53+,54-,56+,57+,65-,66-/m0/s1. The fourth-order valence-corrected chi connectivity index (χ4v) is 12.9. The highest BCUT2D eigenvalue weighted by Crippen LogP contribution is 2.50. The number of aliphatic hydroxyl groups excluding tert-OH is 6. The first-order valence-corrected chi connectivity index (χ1v) is 32.4. The molecule has 0 aromatic heterocycles. The zero-order valence-electron chi connectivity index (χ0n) is 54.3. The van der Waals surface area contributed by atoms with Crippen molar-refractivity contribution in [1.82, 2.24) is 37.2 Å². The van der Waals surface area contributed by atoms with Crippen LogP contribution >= 0.6 is 23.2 Å². The first kappa shape index (κ1) is 74.5. The van der Waals surface area contributed by atoms with Gasteiger partial charge in [-0.3, -0.25) is 33.6 Å².